The molecule has 1 N–H and O–H groups in total. The molecule has 0 radical (unpaired) electrons. The molecule has 1 aromatic heterocycles. The minimum absolute atomic E-state index is 0.0306. The summed E-state index contributed by atoms with van der Waals surface area (Å²) >= 11 is 0. The van der Waals surface area contributed by atoms with Gasteiger partial charge in [0.05, 0.1) is 6.07 Å². The van der Waals surface area contributed by atoms with Gasteiger partial charge in [-0.25, -0.2) is 13.4 Å². The van der Waals surface area contributed by atoms with E-state index in [1.54, 1.807) is 6.07 Å². The lowest BCUT2D eigenvalue weighted by atomic mass is 9.97. The molecule has 1 aliphatic carbocycles. The minimum atomic E-state index is -3.35. The zero-order valence-electron chi connectivity index (χ0n) is 21.8. The van der Waals surface area contributed by atoms with Crippen molar-refractivity contribution >= 4 is 15.7 Å². The van der Waals surface area contributed by atoms with Crippen molar-refractivity contribution in [2.45, 2.75) is 75.2 Å². The Bertz CT molecular complexity index is 1310. The highest BCUT2D eigenvalue weighted by molar-refractivity contribution is 7.90. The summed E-state index contributed by atoms with van der Waals surface area (Å²) in [5.41, 5.74) is 2.16. The lowest BCUT2D eigenvalue weighted by Crippen LogP contribution is -2.52. The van der Waals surface area contributed by atoms with Crippen LogP contribution in [0, 0.1) is 17.2 Å². The number of carbonyl (C=O) groups excluding carboxylic acids is 1. The first-order valence-electron chi connectivity index (χ1n) is 12.5. The molecule has 2 bridgehead atoms. The van der Waals surface area contributed by atoms with Crippen molar-refractivity contribution in [3.63, 3.8) is 0 Å². The summed E-state index contributed by atoms with van der Waals surface area (Å²) in [5, 5.41) is 12.8. The van der Waals surface area contributed by atoms with Gasteiger partial charge in [-0.05, 0) is 75.8 Å². The van der Waals surface area contributed by atoms with Crippen molar-refractivity contribution in [1.29, 1.82) is 5.26 Å². The monoisotopic (exact) mass is 522 g/mol. The van der Waals surface area contributed by atoms with Crippen molar-refractivity contribution in [2.24, 2.45) is 5.92 Å². The first-order valence-corrected chi connectivity index (χ1v) is 14.4. The second-order valence-corrected chi connectivity index (χ2v) is 12.9. The molecular weight excluding hydrogens is 488 g/mol. The Labute approximate surface area is 219 Å². The number of nitrogens with one attached hydrogen (secondary N) is 1. The Balaban J connectivity index is 1.41. The van der Waals surface area contributed by atoms with E-state index in [1.165, 1.54) is 12.3 Å². The number of hydrogen-bond donors (Lipinski definition) is 1. The third-order valence-electron chi connectivity index (χ3n) is 6.88. The number of hydrogen-bond acceptors (Lipinski definition) is 7. The van der Waals surface area contributed by atoms with Crippen molar-refractivity contribution in [3.05, 3.63) is 60.6 Å². The highest BCUT2D eigenvalue weighted by atomic mass is 32.2. The Kier molecular flexibility index (Phi) is 7.33. The first-order chi connectivity index (χ1) is 17.4. The standard InChI is InChI=1S/C28H34N4O4S/c1-18(36-28(2,3)4)32-24-12-10-21(15-24)26(32)27(33)31-23(16-29)14-19-6-8-20(9-7-19)22-11-13-25(30-17-22)37(5,34)35/h6-9,11,13,17,21,23-24,26H,1,10,12,14-15H2,2-5H3,(H,31,33)/t21-,23-,24+,26-/m0/s1. The topological polar surface area (TPSA) is 112 Å². The van der Waals surface area contributed by atoms with E-state index in [0.29, 0.717) is 12.3 Å². The zero-order chi connectivity index (χ0) is 27.0. The fourth-order valence-corrected chi connectivity index (χ4v) is 5.88. The molecule has 0 spiro atoms. The molecule has 1 aromatic carbocycles. The van der Waals surface area contributed by atoms with E-state index in [-0.39, 0.29) is 28.9 Å². The van der Waals surface area contributed by atoms with E-state index in [4.69, 9.17) is 4.74 Å². The molecule has 2 fully saturated rings. The van der Waals surface area contributed by atoms with Gasteiger partial charge in [-0.3, -0.25) is 4.79 Å². The molecule has 2 aliphatic rings. The van der Waals surface area contributed by atoms with Crippen molar-refractivity contribution in [1.82, 2.24) is 15.2 Å². The van der Waals surface area contributed by atoms with Crippen LogP contribution >= 0.6 is 0 Å². The third kappa shape index (κ3) is 6.13. The normalized spacial score (nSPS) is 21.8. The van der Waals surface area contributed by atoms with Crippen molar-refractivity contribution < 1.29 is 17.9 Å². The summed E-state index contributed by atoms with van der Waals surface area (Å²) in [6.45, 7) is 9.99. The van der Waals surface area contributed by atoms with E-state index < -0.39 is 21.5 Å². The van der Waals surface area contributed by atoms with E-state index >= 15 is 0 Å². The van der Waals surface area contributed by atoms with Gasteiger partial charge in [-0.15, -0.1) is 0 Å². The summed E-state index contributed by atoms with van der Waals surface area (Å²) < 4.78 is 29.3. The molecule has 1 saturated carbocycles. The van der Waals surface area contributed by atoms with Crippen LogP contribution in [0.15, 0.2) is 60.1 Å². The van der Waals surface area contributed by atoms with Crippen LogP contribution in [0.1, 0.15) is 45.6 Å². The number of pyridine rings is 1. The Morgan fingerprint density at radius 3 is 2.46 bits per heavy atom. The number of sulfone groups is 1. The maximum absolute atomic E-state index is 13.4. The predicted octanol–water partition coefficient (Wildman–Crippen LogP) is 3.84. The fraction of sp³-hybridized carbons (Fsp3) is 0.464. The summed E-state index contributed by atoms with van der Waals surface area (Å²) in [6.07, 6.45) is 5.96. The van der Waals surface area contributed by atoms with E-state index in [9.17, 15) is 18.5 Å². The van der Waals surface area contributed by atoms with Crippen LogP contribution in [0.25, 0.3) is 11.1 Å². The molecule has 9 heteroatoms. The second kappa shape index (κ2) is 10.2. The number of benzene rings is 1. The smallest absolute Gasteiger partial charge is 0.244 e. The summed E-state index contributed by atoms with van der Waals surface area (Å²) in [6, 6.07) is 12.2. The van der Waals surface area contributed by atoms with E-state index in [1.807, 2.05) is 49.9 Å². The number of nitrogens with zero attached hydrogens (tertiary/aromatic N) is 3. The molecule has 0 unspecified atom stereocenters. The van der Waals surface area contributed by atoms with Gasteiger partial charge in [0, 0.05) is 30.5 Å². The lowest BCUT2D eigenvalue weighted by molar-refractivity contribution is -0.130. The lowest BCUT2D eigenvalue weighted by Gasteiger charge is -2.39. The Morgan fingerprint density at radius 1 is 1.22 bits per heavy atom. The molecule has 2 heterocycles. The van der Waals surface area contributed by atoms with Crippen LogP contribution in [-0.2, 0) is 25.8 Å². The highest BCUT2D eigenvalue weighted by Gasteiger charge is 2.50. The molecule has 1 amide bonds. The number of aromatic nitrogens is 1. The van der Waals surface area contributed by atoms with Crippen molar-refractivity contribution in [2.75, 3.05) is 6.26 Å². The van der Waals surface area contributed by atoms with Gasteiger partial charge in [0.15, 0.2) is 20.7 Å². The Hall–Kier alpha value is -3.38. The fourth-order valence-electron chi connectivity index (χ4n) is 5.32. The molecule has 4 atom stereocenters. The molecular formula is C28H34N4O4S. The SMILES string of the molecule is C=C(OC(C)(C)C)N1[C@@H]2CC[C@@H](C2)[C@H]1C(=O)N[C@H](C#N)Cc1ccc(-c2ccc(S(C)(=O)=O)nc2)cc1. The molecule has 2 aromatic rings. The minimum Gasteiger partial charge on any atom is -0.474 e. The van der Waals surface area contributed by atoms with Crippen LogP contribution in [-0.4, -0.2) is 54.2 Å². The van der Waals surface area contributed by atoms with Gasteiger partial charge >= 0.3 is 0 Å². The van der Waals surface area contributed by atoms with Crippen molar-refractivity contribution in [3.8, 4) is 17.2 Å². The van der Waals surface area contributed by atoms with Gasteiger partial charge < -0.3 is 15.0 Å². The summed E-state index contributed by atoms with van der Waals surface area (Å²) in [4.78, 5) is 19.4. The largest absolute Gasteiger partial charge is 0.474 e. The molecule has 4 rings (SSSR count). The number of ether oxygens (including phenoxy) is 1. The van der Waals surface area contributed by atoms with Crippen LogP contribution < -0.4 is 5.32 Å². The number of carbonyl (C=O) groups is 1. The maximum Gasteiger partial charge on any atom is 0.244 e. The van der Waals surface area contributed by atoms with E-state index in [2.05, 4.69) is 22.9 Å². The Morgan fingerprint density at radius 2 is 1.89 bits per heavy atom. The van der Waals surface area contributed by atoms with Gasteiger partial charge in [0.2, 0.25) is 5.91 Å². The van der Waals surface area contributed by atoms with Gasteiger partial charge in [0.25, 0.3) is 0 Å². The summed E-state index contributed by atoms with van der Waals surface area (Å²) in [5.74, 6) is 0.584. The quantitative estimate of drug-likeness (QED) is 0.524. The number of nitriles is 1. The number of amides is 1. The van der Waals surface area contributed by atoms with E-state index in [0.717, 1.165) is 42.2 Å². The third-order valence-corrected chi connectivity index (χ3v) is 7.88. The molecule has 196 valence electrons. The van der Waals surface area contributed by atoms with Gasteiger partial charge in [0.1, 0.15) is 17.7 Å². The van der Waals surface area contributed by atoms with Crippen LogP contribution in [0.5, 0.6) is 0 Å². The summed E-state index contributed by atoms with van der Waals surface area (Å²) in [7, 11) is -3.35. The maximum atomic E-state index is 13.4. The average molecular weight is 523 g/mol. The molecule has 37 heavy (non-hydrogen) atoms. The number of piperidine rings is 1. The number of rotatable bonds is 8. The first kappa shape index (κ1) is 26.7. The molecule has 1 saturated heterocycles. The highest BCUT2D eigenvalue weighted by Crippen LogP contribution is 2.45. The number of likely N-dealkylation sites (tertiary alicyclic amines) is 1. The number of fused-ring (bicyclic) bond motifs is 2. The zero-order valence-corrected chi connectivity index (χ0v) is 22.6. The molecule has 8 nitrogen and oxygen atoms in total. The molecule has 1 aliphatic heterocycles. The van der Waals surface area contributed by atoms with Crippen LogP contribution in [0.2, 0.25) is 0 Å². The van der Waals surface area contributed by atoms with Gasteiger partial charge in [-0.1, -0.05) is 24.3 Å². The second-order valence-electron chi connectivity index (χ2n) is 10.9. The van der Waals surface area contributed by atoms with Crippen LogP contribution in [0.3, 0.4) is 0 Å². The predicted molar refractivity (Wildman–Crippen MR) is 141 cm³/mol. The average Bonchev–Trinajstić information content (AvgIpc) is 3.44. The van der Waals surface area contributed by atoms with Gasteiger partial charge in [-0.2, -0.15) is 5.26 Å². The van der Waals surface area contributed by atoms with Crippen LogP contribution in [0.4, 0.5) is 0 Å².